The molecule has 0 radical (unpaired) electrons. The second kappa shape index (κ2) is 9.25. The van der Waals surface area contributed by atoms with Gasteiger partial charge < -0.3 is 14.6 Å². The highest BCUT2D eigenvalue weighted by molar-refractivity contribution is 9.10. The summed E-state index contributed by atoms with van der Waals surface area (Å²) in [5.74, 6) is 1.10. The Morgan fingerprint density at radius 3 is 2.72 bits per heavy atom. The van der Waals surface area contributed by atoms with Crippen molar-refractivity contribution < 1.29 is 9.53 Å². The van der Waals surface area contributed by atoms with Gasteiger partial charge in [0.1, 0.15) is 5.82 Å². The van der Waals surface area contributed by atoms with Crippen molar-refractivity contribution in [3.8, 4) is 0 Å². The second-order valence-corrected chi connectivity index (χ2v) is 8.62. The average molecular weight is 476 g/mol. The van der Waals surface area contributed by atoms with Crippen molar-refractivity contribution >= 4 is 50.1 Å². The van der Waals surface area contributed by atoms with Crippen molar-refractivity contribution in [1.29, 1.82) is 0 Å². The van der Waals surface area contributed by atoms with Gasteiger partial charge in [-0.3, -0.25) is 9.69 Å². The third-order valence-electron chi connectivity index (χ3n) is 4.87. The number of amides is 1. The number of nitrogens with one attached hydrogen (secondary N) is 1. The van der Waals surface area contributed by atoms with E-state index in [9.17, 15) is 4.79 Å². The van der Waals surface area contributed by atoms with E-state index in [1.807, 2.05) is 48.0 Å². The predicted octanol–water partition coefficient (Wildman–Crippen LogP) is 3.29. The molecule has 1 aromatic heterocycles. The lowest BCUT2D eigenvalue weighted by Crippen LogP contribution is -2.36. The number of fused-ring (bicyclic) bond motifs is 1. The summed E-state index contributed by atoms with van der Waals surface area (Å²) < 4.78 is 8.35. The molecular formula is C20H22BrN5O2S. The molecule has 0 spiro atoms. The molecule has 2 heterocycles. The zero-order valence-corrected chi connectivity index (χ0v) is 18.5. The molecule has 0 aliphatic carbocycles. The van der Waals surface area contributed by atoms with Gasteiger partial charge in [0, 0.05) is 35.7 Å². The molecule has 0 bridgehead atoms. The smallest absolute Gasteiger partial charge is 0.234 e. The van der Waals surface area contributed by atoms with E-state index in [1.165, 1.54) is 11.8 Å². The van der Waals surface area contributed by atoms with Crippen molar-refractivity contribution in [2.45, 2.75) is 11.7 Å². The summed E-state index contributed by atoms with van der Waals surface area (Å²) in [6, 6.07) is 11.8. The van der Waals surface area contributed by atoms with E-state index in [0.29, 0.717) is 0 Å². The molecule has 0 saturated carbocycles. The number of thioether (sulfide) groups is 1. The number of hydrogen-bond donors (Lipinski definition) is 1. The molecule has 29 heavy (non-hydrogen) atoms. The highest BCUT2D eigenvalue weighted by Crippen LogP contribution is 2.30. The summed E-state index contributed by atoms with van der Waals surface area (Å²) in [6.45, 7) is 4.05. The SMILES string of the molecule is Cn1c(CN2CCOCC2)nnc1SCC(=O)Nc1ccc(Br)c2ccccc12. The van der Waals surface area contributed by atoms with Gasteiger partial charge in [0.05, 0.1) is 25.5 Å². The van der Waals surface area contributed by atoms with Crippen LogP contribution in [0.2, 0.25) is 0 Å². The molecule has 3 aromatic rings. The zero-order chi connectivity index (χ0) is 20.2. The number of morpholine rings is 1. The molecule has 1 amide bonds. The highest BCUT2D eigenvalue weighted by Gasteiger charge is 2.17. The molecule has 4 rings (SSSR count). The first-order chi connectivity index (χ1) is 14.1. The first-order valence-electron chi connectivity index (χ1n) is 9.40. The molecule has 9 heteroatoms. The standard InChI is InChI=1S/C20H22BrN5O2S/c1-25-18(12-26-8-10-28-11-9-26)23-24-20(25)29-13-19(27)22-17-7-6-16(21)14-4-2-3-5-15(14)17/h2-7H,8-13H2,1H3,(H,22,27). The van der Waals surface area contributed by atoms with Crippen LogP contribution in [0.1, 0.15) is 5.82 Å². The number of benzene rings is 2. The lowest BCUT2D eigenvalue weighted by Gasteiger charge is -2.25. The van der Waals surface area contributed by atoms with Gasteiger partial charge in [0.15, 0.2) is 5.16 Å². The monoisotopic (exact) mass is 475 g/mol. The van der Waals surface area contributed by atoms with E-state index in [4.69, 9.17) is 4.74 Å². The van der Waals surface area contributed by atoms with Crippen LogP contribution in [0, 0.1) is 0 Å². The largest absolute Gasteiger partial charge is 0.379 e. The van der Waals surface area contributed by atoms with Gasteiger partial charge in [0.2, 0.25) is 5.91 Å². The molecule has 152 valence electrons. The molecule has 0 atom stereocenters. The first kappa shape index (κ1) is 20.3. The third kappa shape index (κ3) is 4.80. The summed E-state index contributed by atoms with van der Waals surface area (Å²) in [4.78, 5) is 14.8. The van der Waals surface area contributed by atoms with Gasteiger partial charge in [-0.05, 0) is 17.5 Å². The number of aromatic nitrogens is 3. The van der Waals surface area contributed by atoms with Crippen molar-refractivity contribution in [3.05, 3.63) is 46.7 Å². The molecule has 1 aliphatic rings. The third-order valence-corrected chi connectivity index (χ3v) is 6.58. The van der Waals surface area contributed by atoms with E-state index >= 15 is 0 Å². The number of carbonyl (C=O) groups excluding carboxylic acids is 1. The lowest BCUT2D eigenvalue weighted by atomic mass is 10.1. The Hall–Kier alpha value is -1.94. The van der Waals surface area contributed by atoms with Crippen LogP contribution in [0.15, 0.2) is 46.0 Å². The van der Waals surface area contributed by atoms with Crippen molar-refractivity contribution in [2.24, 2.45) is 7.05 Å². The maximum atomic E-state index is 12.5. The quantitative estimate of drug-likeness (QED) is 0.551. The Labute approximate surface area is 181 Å². The van der Waals surface area contributed by atoms with Crippen LogP contribution in [-0.2, 0) is 23.1 Å². The molecule has 7 nitrogen and oxygen atoms in total. The zero-order valence-electron chi connectivity index (χ0n) is 16.1. The number of nitrogens with zero attached hydrogens (tertiary/aromatic N) is 4. The molecule has 1 aliphatic heterocycles. The van der Waals surface area contributed by atoms with Crippen LogP contribution in [0.4, 0.5) is 5.69 Å². The summed E-state index contributed by atoms with van der Waals surface area (Å²) in [6.07, 6.45) is 0. The maximum Gasteiger partial charge on any atom is 0.234 e. The van der Waals surface area contributed by atoms with E-state index in [-0.39, 0.29) is 11.7 Å². The highest BCUT2D eigenvalue weighted by atomic mass is 79.9. The van der Waals surface area contributed by atoms with Gasteiger partial charge in [-0.25, -0.2) is 0 Å². The van der Waals surface area contributed by atoms with E-state index in [2.05, 4.69) is 36.3 Å². The van der Waals surface area contributed by atoms with Gasteiger partial charge in [-0.15, -0.1) is 10.2 Å². The van der Waals surface area contributed by atoms with Crippen LogP contribution in [0.3, 0.4) is 0 Å². The number of ether oxygens (including phenoxy) is 1. The fraction of sp³-hybridized carbons (Fsp3) is 0.350. The van der Waals surface area contributed by atoms with Gasteiger partial charge in [-0.2, -0.15) is 0 Å². The van der Waals surface area contributed by atoms with Gasteiger partial charge in [-0.1, -0.05) is 52.0 Å². The Morgan fingerprint density at radius 2 is 1.93 bits per heavy atom. The summed E-state index contributed by atoms with van der Waals surface area (Å²) in [5.41, 5.74) is 0.806. The van der Waals surface area contributed by atoms with Crippen LogP contribution in [-0.4, -0.2) is 57.6 Å². The Bertz CT molecular complexity index is 1020. The van der Waals surface area contributed by atoms with Crippen LogP contribution in [0.5, 0.6) is 0 Å². The van der Waals surface area contributed by atoms with Crippen molar-refractivity contribution in [3.63, 3.8) is 0 Å². The van der Waals surface area contributed by atoms with Crippen molar-refractivity contribution in [1.82, 2.24) is 19.7 Å². The van der Waals surface area contributed by atoms with E-state index in [0.717, 1.165) is 64.8 Å². The van der Waals surface area contributed by atoms with Gasteiger partial charge in [0.25, 0.3) is 0 Å². The molecular weight excluding hydrogens is 454 g/mol. The molecule has 1 N–H and O–H groups in total. The predicted molar refractivity (Wildman–Crippen MR) is 118 cm³/mol. The Morgan fingerprint density at radius 1 is 1.17 bits per heavy atom. The lowest BCUT2D eigenvalue weighted by molar-refractivity contribution is -0.113. The summed E-state index contributed by atoms with van der Waals surface area (Å²) >= 11 is 4.95. The van der Waals surface area contributed by atoms with E-state index < -0.39 is 0 Å². The summed E-state index contributed by atoms with van der Waals surface area (Å²) in [5, 5.41) is 14.4. The van der Waals surface area contributed by atoms with Gasteiger partial charge >= 0.3 is 0 Å². The molecule has 1 saturated heterocycles. The molecule has 0 unspecified atom stereocenters. The number of rotatable bonds is 6. The second-order valence-electron chi connectivity index (χ2n) is 6.82. The minimum absolute atomic E-state index is 0.0693. The summed E-state index contributed by atoms with van der Waals surface area (Å²) in [7, 11) is 1.94. The molecule has 2 aromatic carbocycles. The normalized spacial score (nSPS) is 15.0. The maximum absolute atomic E-state index is 12.5. The van der Waals surface area contributed by atoms with Crippen LogP contribution >= 0.6 is 27.7 Å². The fourth-order valence-corrected chi connectivity index (χ4v) is 4.46. The Balaban J connectivity index is 1.37. The first-order valence-corrected chi connectivity index (χ1v) is 11.2. The van der Waals surface area contributed by atoms with Crippen LogP contribution in [0.25, 0.3) is 10.8 Å². The topological polar surface area (TPSA) is 72.3 Å². The Kier molecular flexibility index (Phi) is 6.49. The number of anilines is 1. The number of carbonyl (C=O) groups is 1. The fourth-order valence-electron chi connectivity index (χ4n) is 3.26. The van der Waals surface area contributed by atoms with Crippen LogP contribution < -0.4 is 5.32 Å². The number of halogens is 1. The molecule has 1 fully saturated rings. The van der Waals surface area contributed by atoms with E-state index in [1.54, 1.807) is 0 Å². The number of hydrogen-bond acceptors (Lipinski definition) is 6. The minimum Gasteiger partial charge on any atom is -0.379 e. The average Bonchev–Trinajstić information content (AvgIpc) is 3.09. The minimum atomic E-state index is -0.0693. The van der Waals surface area contributed by atoms with Crippen molar-refractivity contribution in [2.75, 3.05) is 37.4 Å².